The molecule has 0 bridgehead atoms. The molecule has 3 rings (SSSR count). The molecule has 2 aromatic heterocycles. The lowest BCUT2D eigenvalue weighted by molar-refractivity contribution is 0.206. The van der Waals surface area contributed by atoms with E-state index in [-0.39, 0.29) is 0 Å². The Balaban J connectivity index is 2.03. The van der Waals surface area contributed by atoms with Crippen molar-refractivity contribution < 1.29 is 5.11 Å². The molecule has 0 aliphatic heterocycles. The summed E-state index contributed by atoms with van der Waals surface area (Å²) in [6, 6.07) is 4.01. The van der Waals surface area contributed by atoms with E-state index >= 15 is 0 Å². The summed E-state index contributed by atoms with van der Waals surface area (Å²) in [5, 5.41) is 28.0. The van der Waals surface area contributed by atoms with Crippen molar-refractivity contribution in [2.45, 2.75) is 25.0 Å². The molecule has 1 aliphatic carbocycles. The van der Waals surface area contributed by atoms with Gasteiger partial charge in [-0.1, -0.05) is 0 Å². The molecule has 6 nitrogen and oxygen atoms in total. The molecule has 2 aromatic rings. The first-order valence-corrected chi connectivity index (χ1v) is 7.04. The van der Waals surface area contributed by atoms with Crippen molar-refractivity contribution >= 4 is 22.6 Å². The quantitative estimate of drug-likeness (QED) is 0.832. The van der Waals surface area contributed by atoms with E-state index in [1.165, 1.54) is 0 Å². The summed E-state index contributed by atoms with van der Waals surface area (Å²) in [4.78, 5) is 0. The molecule has 1 saturated carbocycles. The van der Waals surface area contributed by atoms with E-state index in [0.29, 0.717) is 17.4 Å². The van der Waals surface area contributed by atoms with Crippen LogP contribution in [0.15, 0.2) is 12.3 Å². The highest BCUT2D eigenvalue weighted by Crippen LogP contribution is 2.38. The standard InChI is InChI=1S/C12H12IN5O/c1-17-6-9(12(13)16-17)11(19)10-4-7(5-14)15-18(10)8-2-3-8/h4,6,8,11,19H,2-3H2,1H3. The van der Waals surface area contributed by atoms with Gasteiger partial charge in [0.2, 0.25) is 0 Å². The van der Waals surface area contributed by atoms with Gasteiger partial charge in [-0.25, -0.2) is 0 Å². The Bertz CT molecular complexity index is 664. The smallest absolute Gasteiger partial charge is 0.162 e. The Morgan fingerprint density at radius 2 is 2.26 bits per heavy atom. The SMILES string of the molecule is Cn1cc(C(O)c2cc(C#N)nn2C2CC2)c(I)n1. The third-order valence-electron chi connectivity index (χ3n) is 3.16. The number of hydrogen-bond acceptors (Lipinski definition) is 4. The van der Waals surface area contributed by atoms with Crippen molar-refractivity contribution in [2.24, 2.45) is 7.05 Å². The molecular formula is C12H12IN5O. The average molecular weight is 369 g/mol. The van der Waals surface area contributed by atoms with Crippen LogP contribution in [0, 0.1) is 15.0 Å². The summed E-state index contributed by atoms with van der Waals surface area (Å²) >= 11 is 2.10. The van der Waals surface area contributed by atoms with Gasteiger partial charge in [-0.05, 0) is 35.4 Å². The molecule has 19 heavy (non-hydrogen) atoms. The number of hydrogen-bond donors (Lipinski definition) is 1. The van der Waals surface area contributed by atoms with Crippen LogP contribution in [0.5, 0.6) is 0 Å². The fourth-order valence-corrected chi connectivity index (χ4v) is 2.88. The van der Waals surface area contributed by atoms with Crippen LogP contribution in [-0.4, -0.2) is 24.7 Å². The van der Waals surface area contributed by atoms with Crippen molar-refractivity contribution in [3.63, 3.8) is 0 Å². The van der Waals surface area contributed by atoms with Crippen molar-refractivity contribution in [1.29, 1.82) is 5.26 Å². The number of aliphatic hydroxyl groups excluding tert-OH is 1. The lowest BCUT2D eigenvalue weighted by Gasteiger charge is -2.11. The fourth-order valence-electron chi connectivity index (χ4n) is 2.10. The Morgan fingerprint density at radius 3 is 2.79 bits per heavy atom. The highest BCUT2D eigenvalue weighted by molar-refractivity contribution is 14.1. The molecule has 7 heteroatoms. The first kappa shape index (κ1) is 12.6. The summed E-state index contributed by atoms with van der Waals surface area (Å²) in [5.74, 6) is 0. The van der Waals surface area contributed by atoms with Crippen LogP contribution in [-0.2, 0) is 7.05 Å². The van der Waals surface area contributed by atoms with Gasteiger partial charge in [0.15, 0.2) is 5.69 Å². The number of aliphatic hydroxyl groups is 1. The molecule has 0 spiro atoms. The second kappa shape index (κ2) is 4.61. The highest BCUT2D eigenvalue weighted by Gasteiger charge is 2.31. The highest BCUT2D eigenvalue weighted by atomic mass is 127. The first-order valence-electron chi connectivity index (χ1n) is 5.97. The van der Waals surface area contributed by atoms with Crippen molar-refractivity contribution in [3.05, 3.63) is 32.9 Å². The molecule has 1 unspecified atom stereocenters. The second-order valence-corrected chi connectivity index (χ2v) is 5.72. The molecule has 1 N–H and O–H groups in total. The summed E-state index contributed by atoms with van der Waals surface area (Å²) in [7, 11) is 1.82. The zero-order valence-corrected chi connectivity index (χ0v) is 12.4. The molecule has 1 fully saturated rings. The van der Waals surface area contributed by atoms with Crippen LogP contribution in [0.25, 0.3) is 0 Å². The lowest BCUT2D eigenvalue weighted by atomic mass is 10.1. The summed E-state index contributed by atoms with van der Waals surface area (Å²) in [6.45, 7) is 0. The topological polar surface area (TPSA) is 79.7 Å². The summed E-state index contributed by atoms with van der Waals surface area (Å²) < 4.78 is 4.21. The number of nitriles is 1. The second-order valence-electron chi connectivity index (χ2n) is 4.69. The number of aromatic nitrogens is 4. The zero-order valence-electron chi connectivity index (χ0n) is 10.3. The van der Waals surface area contributed by atoms with E-state index in [1.807, 2.05) is 13.1 Å². The Morgan fingerprint density at radius 1 is 1.53 bits per heavy atom. The molecule has 0 saturated heterocycles. The summed E-state index contributed by atoms with van der Waals surface area (Å²) in [6.07, 6.45) is 3.10. The fraction of sp³-hybridized carbons (Fsp3) is 0.417. The van der Waals surface area contributed by atoms with Gasteiger partial charge in [0, 0.05) is 24.9 Å². The third kappa shape index (κ3) is 2.26. The number of halogens is 1. The minimum atomic E-state index is -0.796. The van der Waals surface area contributed by atoms with E-state index in [4.69, 9.17) is 5.26 Å². The van der Waals surface area contributed by atoms with Gasteiger partial charge in [-0.3, -0.25) is 9.36 Å². The van der Waals surface area contributed by atoms with E-state index in [9.17, 15) is 5.11 Å². The minimum Gasteiger partial charge on any atom is -0.382 e. The van der Waals surface area contributed by atoms with Gasteiger partial charge in [0.1, 0.15) is 15.9 Å². The van der Waals surface area contributed by atoms with Gasteiger partial charge >= 0.3 is 0 Å². The normalized spacial score (nSPS) is 16.3. The minimum absolute atomic E-state index is 0.320. The van der Waals surface area contributed by atoms with Gasteiger partial charge < -0.3 is 5.11 Å². The number of aryl methyl sites for hydroxylation is 1. The number of rotatable bonds is 3. The predicted octanol–water partition coefficient (Wildman–Crippen LogP) is 1.51. The van der Waals surface area contributed by atoms with E-state index < -0.39 is 6.10 Å². The van der Waals surface area contributed by atoms with Crippen molar-refractivity contribution in [3.8, 4) is 6.07 Å². The Hall–Kier alpha value is -1.40. The molecular weight excluding hydrogens is 357 g/mol. The molecule has 2 heterocycles. The maximum Gasteiger partial charge on any atom is 0.162 e. The van der Waals surface area contributed by atoms with E-state index in [1.54, 1.807) is 21.6 Å². The van der Waals surface area contributed by atoms with Gasteiger partial charge in [-0.2, -0.15) is 15.5 Å². The molecule has 0 amide bonds. The Kier molecular flexibility index (Phi) is 3.06. The van der Waals surface area contributed by atoms with Gasteiger partial charge in [-0.15, -0.1) is 0 Å². The van der Waals surface area contributed by atoms with E-state index in [2.05, 4.69) is 32.8 Å². The molecule has 1 atom stereocenters. The zero-order chi connectivity index (χ0) is 13.6. The van der Waals surface area contributed by atoms with E-state index in [0.717, 1.165) is 22.1 Å². The summed E-state index contributed by atoms with van der Waals surface area (Å²) in [5.41, 5.74) is 1.76. The monoisotopic (exact) mass is 369 g/mol. The Labute approximate surface area is 123 Å². The van der Waals surface area contributed by atoms with Crippen LogP contribution in [0.2, 0.25) is 0 Å². The van der Waals surface area contributed by atoms with Crippen LogP contribution in [0.1, 0.15) is 41.9 Å². The predicted molar refractivity (Wildman–Crippen MR) is 75.2 cm³/mol. The van der Waals surface area contributed by atoms with Crippen LogP contribution in [0.4, 0.5) is 0 Å². The largest absolute Gasteiger partial charge is 0.382 e. The lowest BCUT2D eigenvalue weighted by Crippen LogP contribution is -2.09. The van der Waals surface area contributed by atoms with Crippen LogP contribution in [0.3, 0.4) is 0 Å². The van der Waals surface area contributed by atoms with Crippen molar-refractivity contribution in [1.82, 2.24) is 19.6 Å². The maximum absolute atomic E-state index is 10.5. The van der Waals surface area contributed by atoms with Crippen LogP contribution < -0.4 is 0 Å². The molecule has 1 aliphatic rings. The third-order valence-corrected chi connectivity index (χ3v) is 3.99. The van der Waals surface area contributed by atoms with Gasteiger partial charge in [0.05, 0.1) is 11.7 Å². The van der Waals surface area contributed by atoms with Crippen molar-refractivity contribution in [2.75, 3.05) is 0 Å². The average Bonchev–Trinajstić information content (AvgIpc) is 3.05. The number of nitrogens with zero attached hydrogens (tertiary/aromatic N) is 5. The first-order chi connectivity index (χ1) is 9.10. The molecule has 0 aromatic carbocycles. The van der Waals surface area contributed by atoms with Crippen LogP contribution >= 0.6 is 22.6 Å². The maximum atomic E-state index is 10.5. The van der Waals surface area contributed by atoms with Gasteiger partial charge in [0.25, 0.3) is 0 Å². The molecule has 0 radical (unpaired) electrons. The molecule has 98 valence electrons.